The van der Waals surface area contributed by atoms with Crippen LogP contribution in [0.4, 0.5) is 5.69 Å². The fraction of sp³-hybridized carbons (Fsp3) is 0.333. The fourth-order valence-corrected chi connectivity index (χ4v) is 7.53. The normalized spacial score (nSPS) is 15.7. The fourth-order valence-electron chi connectivity index (χ4n) is 6.35. The Bertz CT molecular complexity index is 1960. The Hall–Kier alpha value is -4.29. The van der Waals surface area contributed by atoms with Crippen LogP contribution < -0.4 is 10.5 Å². The van der Waals surface area contributed by atoms with E-state index >= 15 is 0 Å². The number of nitrogens with two attached hydrogens (primary N) is 1. The van der Waals surface area contributed by atoms with Crippen molar-refractivity contribution in [1.29, 1.82) is 0 Å². The predicted octanol–water partition coefficient (Wildman–Crippen LogP) is 5.15. The summed E-state index contributed by atoms with van der Waals surface area (Å²) in [6.45, 7) is 4.26. The van der Waals surface area contributed by atoms with Gasteiger partial charge in [0, 0.05) is 43.7 Å². The molecule has 0 aliphatic carbocycles. The minimum atomic E-state index is -3.70. The zero-order valence-electron chi connectivity index (χ0n) is 26.6. The monoisotopic (exact) mass is 655 g/mol. The van der Waals surface area contributed by atoms with Crippen LogP contribution in [-0.2, 0) is 38.3 Å². The van der Waals surface area contributed by atoms with Gasteiger partial charge in [0.1, 0.15) is 11.3 Å². The van der Waals surface area contributed by atoms with Gasteiger partial charge in [0.25, 0.3) is 0 Å². The lowest BCUT2D eigenvalue weighted by Crippen LogP contribution is -2.39. The van der Waals surface area contributed by atoms with Gasteiger partial charge in [-0.05, 0) is 71.6 Å². The smallest absolute Gasteiger partial charge is 0.355 e. The van der Waals surface area contributed by atoms with Crippen LogP contribution in [0.1, 0.15) is 40.2 Å². The summed E-state index contributed by atoms with van der Waals surface area (Å²) in [7, 11) is -1.99. The molecule has 1 saturated heterocycles. The van der Waals surface area contributed by atoms with Gasteiger partial charge in [-0.3, -0.25) is 4.72 Å². The predicted molar refractivity (Wildman–Crippen MR) is 185 cm³/mol. The van der Waals surface area contributed by atoms with Crippen LogP contribution in [-0.4, -0.2) is 68.8 Å². The number of sulfonamides is 1. The minimum Gasteiger partial charge on any atom is -0.461 e. The molecular weight excluding hydrogens is 614 g/mol. The number of hydrogen-bond acceptors (Lipinski definition) is 8. The molecule has 246 valence electrons. The number of aromatic nitrogens is 2. The zero-order chi connectivity index (χ0) is 32.8. The SMILES string of the molecule is COCCN1CCCC(COC(=O)c2cc3ccc(CN)nc3n2Cc2cc(NS(=O)(=O)Cc3ccccc3)cc3ccccc23)C1. The summed E-state index contributed by atoms with van der Waals surface area (Å²) in [5.41, 5.74) is 9.61. The lowest BCUT2D eigenvalue weighted by Gasteiger charge is -2.32. The molecule has 0 spiro atoms. The van der Waals surface area contributed by atoms with Gasteiger partial charge in [0.05, 0.1) is 31.2 Å². The van der Waals surface area contributed by atoms with Crippen LogP contribution in [0.2, 0.25) is 0 Å². The number of piperidine rings is 1. The number of likely N-dealkylation sites (tertiary alicyclic amines) is 1. The van der Waals surface area contributed by atoms with Crippen LogP contribution >= 0.6 is 0 Å². The first-order chi connectivity index (χ1) is 22.8. The maximum atomic E-state index is 13.7. The first-order valence-corrected chi connectivity index (χ1v) is 17.6. The van der Waals surface area contributed by atoms with Gasteiger partial charge in [-0.2, -0.15) is 0 Å². The standard InChI is InChI=1S/C36H41N5O5S/c1-45-17-16-40-15-7-10-27(22-40)24-46-36(42)34-20-29-13-14-31(21-37)38-35(29)41(34)23-30-19-32(18-28-11-5-6-12-33(28)30)39-47(43,44)25-26-8-3-2-4-9-26/h2-6,8-9,11-14,18-20,27,39H,7,10,15-17,21-25,37H2,1H3. The summed E-state index contributed by atoms with van der Waals surface area (Å²) in [4.78, 5) is 20.9. The number of methoxy groups -OCH3 is 1. The van der Waals surface area contributed by atoms with Crippen molar-refractivity contribution in [2.24, 2.45) is 11.7 Å². The average molecular weight is 656 g/mol. The van der Waals surface area contributed by atoms with Crippen molar-refractivity contribution in [3.8, 4) is 0 Å². The van der Waals surface area contributed by atoms with Gasteiger partial charge in [-0.1, -0.05) is 54.6 Å². The summed E-state index contributed by atoms with van der Waals surface area (Å²) in [6, 6.07) is 26.1. The molecule has 3 aromatic carbocycles. The van der Waals surface area contributed by atoms with Crippen LogP contribution in [0.25, 0.3) is 21.8 Å². The molecule has 6 rings (SSSR count). The number of nitrogens with one attached hydrogen (secondary N) is 1. The average Bonchev–Trinajstić information content (AvgIpc) is 3.43. The van der Waals surface area contributed by atoms with E-state index in [0.717, 1.165) is 54.2 Å². The Morgan fingerprint density at radius 1 is 1.02 bits per heavy atom. The van der Waals surface area contributed by atoms with E-state index in [1.165, 1.54) is 0 Å². The highest BCUT2D eigenvalue weighted by molar-refractivity contribution is 7.91. The van der Waals surface area contributed by atoms with Crippen molar-refractivity contribution >= 4 is 43.5 Å². The van der Waals surface area contributed by atoms with Gasteiger partial charge in [-0.15, -0.1) is 0 Å². The molecule has 47 heavy (non-hydrogen) atoms. The summed E-state index contributed by atoms with van der Waals surface area (Å²) < 4.78 is 42.2. The van der Waals surface area contributed by atoms with E-state index in [1.807, 2.05) is 77.4 Å². The molecule has 3 heterocycles. The number of carbonyl (C=O) groups excluding carboxylic acids is 1. The molecule has 0 amide bonds. The lowest BCUT2D eigenvalue weighted by atomic mass is 9.99. The van der Waals surface area contributed by atoms with Crippen LogP contribution in [0.3, 0.4) is 0 Å². The molecule has 1 aliphatic heterocycles. The Morgan fingerprint density at radius 3 is 2.64 bits per heavy atom. The van der Waals surface area contributed by atoms with Crippen LogP contribution in [0.5, 0.6) is 0 Å². The molecule has 0 bridgehead atoms. The second-order valence-electron chi connectivity index (χ2n) is 12.1. The van der Waals surface area contributed by atoms with Gasteiger partial charge in [-0.25, -0.2) is 18.2 Å². The van der Waals surface area contributed by atoms with Gasteiger partial charge < -0.3 is 24.7 Å². The molecule has 10 nitrogen and oxygen atoms in total. The summed E-state index contributed by atoms with van der Waals surface area (Å²) in [5.74, 6) is -0.324. The third kappa shape index (κ3) is 7.99. The Kier molecular flexibility index (Phi) is 10.2. The van der Waals surface area contributed by atoms with E-state index in [4.69, 9.17) is 20.2 Å². The molecule has 1 atom stereocenters. The number of ether oxygens (including phenoxy) is 2. The van der Waals surface area contributed by atoms with E-state index in [0.29, 0.717) is 41.5 Å². The van der Waals surface area contributed by atoms with Crippen molar-refractivity contribution in [2.45, 2.75) is 31.7 Å². The molecule has 1 fully saturated rings. The van der Waals surface area contributed by atoms with E-state index in [2.05, 4.69) is 9.62 Å². The number of hydrogen-bond donors (Lipinski definition) is 2. The summed E-state index contributed by atoms with van der Waals surface area (Å²) >= 11 is 0. The second-order valence-corrected chi connectivity index (χ2v) is 13.9. The highest BCUT2D eigenvalue weighted by Crippen LogP contribution is 2.29. The highest BCUT2D eigenvalue weighted by atomic mass is 32.2. The number of nitrogens with zero attached hydrogens (tertiary/aromatic N) is 3. The van der Waals surface area contributed by atoms with E-state index in [-0.39, 0.29) is 24.8 Å². The molecule has 1 aliphatic rings. The Labute approximate surface area is 275 Å². The minimum absolute atomic E-state index is 0.148. The van der Waals surface area contributed by atoms with Gasteiger partial charge in [0.15, 0.2) is 0 Å². The highest BCUT2D eigenvalue weighted by Gasteiger charge is 2.24. The largest absolute Gasteiger partial charge is 0.461 e. The molecule has 11 heteroatoms. The number of rotatable bonds is 13. The van der Waals surface area contributed by atoms with Crippen molar-refractivity contribution in [1.82, 2.24) is 14.5 Å². The Morgan fingerprint density at radius 2 is 1.83 bits per heavy atom. The number of anilines is 1. The maximum Gasteiger partial charge on any atom is 0.355 e. The summed E-state index contributed by atoms with van der Waals surface area (Å²) in [6.07, 6.45) is 2.05. The number of pyridine rings is 1. The van der Waals surface area contributed by atoms with Gasteiger partial charge in [0.2, 0.25) is 10.0 Å². The number of esters is 1. The zero-order valence-corrected chi connectivity index (χ0v) is 27.4. The van der Waals surface area contributed by atoms with E-state index in [1.54, 1.807) is 19.2 Å². The first-order valence-electron chi connectivity index (χ1n) is 16.0. The number of carbonyl (C=O) groups is 1. The quantitative estimate of drug-likeness (QED) is 0.167. The first kappa shape index (κ1) is 32.6. The third-order valence-corrected chi connectivity index (χ3v) is 9.89. The van der Waals surface area contributed by atoms with Crippen LogP contribution in [0.15, 0.2) is 84.9 Å². The van der Waals surface area contributed by atoms with Crippen molar-refractivity contribution in [2.75, 3.05) is 44.7 Å². The summed E-state index contributed by atoms with van der Waals surface area (Å²) in [5, 5.41) is 2.60. The topological polar surface area (TPSA) is 129 Å². The number of benzene rings is 3. The molecule has 5 aromatic rings. The number of fused-ring (bicyclic) bond motifs is 2. The van der Waals surface area contributed by atoms with Crippen molar-refractivity contribution in [3.05, 3.63) is 107 Å². The van der Waals surface area contributed by atoms with Crippen molar-refractivity contribution < 1.29 is 22.7 Å². The van der Waals surface area contributed by atoms with Crippen molar-refractivity contribution in [3.63, 3.8) is 0 Å². The molecule has 1 unspecified atom stereocenters. The van der Waals surface area contributed by atoms with E-state index in [9.17, 15) is 13.2 Å². The van der Waals surface area contributed by atoms with Crippen LogP contribution in [0, 0.1) is 5.92 Å². The maximum absolute atomic E-state index is 13.7. The molecular formula is C36H41N5O5S. The second kappa shape index (κ2) is 14.6. The Balaban J connectivity index is 1.31. The third-order valence-electron chi connectivity index (χ3n) is 8.63. The molecule has 2 aromatic heterocycles. The van der Waals surface area contributed by atoms with E-state index < -0.39 is 16.0 Å². The molecule has 0 saturated carbocycles. The molecule has 0 radical (unpaired) electrons. The lowest BCUT2D eigenvalue weighted by molar-refractivity contribution is 0.0321. The molecule has 3 N–H and O–H groups in total. The van der Waals surface area contributed by atoms with Gasteiger partial charge >= 0.3 is 5.97 Å².